The van der Waals surface area contributed by atoms with Gasteiger partial charge in [0.05, 0.1) is 6.61 Å². The first kappa shape index (κ1) is 42.4. The highest BCUT2D eigenvalue weighted by Crippen LogP contribution is 2.12. The standard InChI is InChI=1S/C39H72O5/c1-4-7-10-13-16-18-20-22-24-26-29-32-38(40)43-36-37(35-42-34-31-28-15-12-9-6-3)44-39(41)33-30-27-25-23-21-19-17-14-11-8-5-2/h13-14,16-17,37H,4-12,15,18-36H2,1-3H3/b16-13-,17-14-. The van der Waals surface area contributed by atoms with E-state index >= 15 is 0 Å². The Bertz CT molecular complexity index is 671. The Balaban J connectivity index is 4.20. The summed E-state index contributed by atoms with van der Waals surface area (Å²) in [4.78, 5) is 24.9. The number of esters is 2. The maximum Gasteiger partial charge on any atom is 0.306 e. The molecule has 0 aromatic carbocycles. The Morgan fingerprint density at radius 1 is 0.477 bits per heavy atom. The lowest BCUT2D eigenvalue weighted by atomic mass is 10.1. The number of allylic oxidation sites excluding steroid dienone is 4. The molecule has 0 fully saturated rings. The van der Waals surface area contributed by atoms with Crippen LogP contribution in [0.3, 0.4) is 0 Å². The molecule has 0 aliphatic rings. The first-order valence-electron chi connectivity index (χ1n) is 18.9. The highest BCUT2D eigenvalue weighted by atomic mass is 16.6. The molecule has 0 aliphatic heterocycles. The number of unbranched alkanes of at least 4 members (excludes halogenated alkanes) is 19. The first-order chi connectivity index (χ1) is 21.6. The molecule has 0 aromatic heterocycles. The van der Waals surface area contributed by atoms with Crippen molar-refractivity contribution in [2.45, 2.75) is 194 Å². The van der Waals surface area contributed by atoms with Crippen molar-refractivity contribution in [3.05, 3.63) is 24.3 Å². The molecule has 5 nitrogen and oxygen atoms in total. The zero-order chi connectivity index (χ0) is 32.2. The van der Waals surface area contributed by atoms with Crippen LogP contribution in [-0.4, -0.2) is 37.9 Å². The average Bonchev–Trinajstić information content (AvgIpc) is 3.02. The maximum atomic E-state index is 12.5. The minimum atomic E-state index is -0.531. The van der Waals surface area contributed by atoms with E-state index in [1.54, 1.807) is 0 Å². The van der Waals surface area contributed by atoms with Gasteiger partial charge in [-0.15, -0.1) is 0 Å². The lowest BCUT2D eigenvalue weighted by Gasteiger charge is -2.18. The molecule has 0 radical (unpaired) electrons. The van der Waals surface area contributed by atoms with Gasteiger partial charge in [0.25, 0.3) is 0 Å². The number of carbonyl (C=O) groups is 2. The molecule has 258 valence electrons. The lowest BCUT2D eigenvalue weighted by Crippen LogP contribution is -2.30. The van der Waals surface area contributed by atoms with Crippen LogP contribution in [0.1, 0.15) is 188 Å². The van der Waals surface area contributed by atoms with Gasteiger partial charge in [-0.2, -0.15) is 0 Å². The summed E-state index contributed by atoms with van der Waals surface area (Å²) in [7, 11) is 0. The van der Waals surface area contributed by atoms with E-state index in [4.69, 9.17) is 14.2 Å². The third-order valence-corrected chi connectivity index (χ3v) is 7.96. The summed E-state index contributed by atoms with van der Waals surface area (Å²) in [5, 5.41) is 0. The summed E-state index contributed by atoms with van der Waals surface area (Å²) in [5.74, 6) is -0.422. The molecule has 0 N–H and O–H groups in total. The predicted molar refractivity (Wildman–Crippen MR) is 187 cm³/mol. The fourth-order valence-electron chi connectivity index (χ4n) is 5.06. The predicted octanol–water partition coefficient (Wildman–Crippen LogP) is 11.8. The Hall–Kier alpha value is -1.62. The van der Waals surface area contributed by atoms with E-state index in [1.807, 2.05) is 0 Å². The van der Waals surface area contributed by atoms with Gasteiger partial charge in [-0.05, 0) is 57.8 Å². The zero-order valence-corrected chi connectivity index (χ0v) is 29.4. The number of hydrogen-bond donors (Lipinski definition) is 0. The molecule has 0 aromatic rings. The molecule has 44 heavy (non-hydrogen) atoms. The van der Waals surface area contributed by atoms with Crippen LogP contribution >= 0.6 is 0 Å². The molecule has 0 heterocycles. The zero-order valence-electron chi connectivity index (χ0n) is 29.4. The van der Waals surface area contributed by atoms with Gasteiger partial charge in [0.1, 0.15) is 6.61 Å². The van der Waals surface area contributed by atoms with Crippen LogP contribution in [0.25, 0.3) is 0 Å². The molecule has 0 aliphatic carbocycles. The third-order valence-electron chi connectivity index (χ3n) is 7.96. The fourth-order valence-corrected chi connectivity index (χ4v) is 5.06. The lowest BCUT2D eigenvalue weighted by molar-refractivity contribution is -0.163. The molecule has 0 bridgehead atoms. The second-order valence-electron chi connectivity index (χ2n) is 12.5. The van der Waals surface area contributed by atoms with E-state index in [-0.39, 0.29) is 25.2 Å². The van der Waals surface area contributed by atoms with Crippen molar-refractivity contribution in [1.29, 1.82) is 0 Å². The summed E-state index contributed by atoms with van der Waals surface area (Å²) in [6.45, 7) is 7.69. The Morgan fingerprint density at radius 2 is 0.909 bits per heavy atom. The fraction of sp³-hybridized carbons (Fsp3) is 0.846. The molecule has 0 saturated heterocycles. The van der Waals surface area contributed by atoms with Crippen molar-refractivity contribution < 1.29 is 23.8 Å². The van der Waals surface area contributed by atoms with Gasteiger partial charge in [0.15, 0.2) is 6.10 Å². The van der Waals surface area contributed by atoms with Crippen molar-refractivity contribution in [2.24, 2.45) is 0 Å². The largest absolute Gasteiger partial charge is 0.462 e. The van der Waals surface area contributed by atoms with Crippen molar-refractivity contribution in [3.63, 3.8) is 0 Å². The van der Waals surface area contributed by atoms with E-state index in [0.717, 1.165) is 64.2 Å². The van der Waals surface area contributed by atoms with Crippen molar-refractivity contribution in [3.8, 4) is 0 Å². The summed E-state index contributed by atoms with van der Waals surface area (Å²) >= 11 is 0. The van der Waals surface area contributed by atoms with Crippen molar-refractivity contribution in [2.75, 3.05) is 19.8 Å². The normalized spacial score (nSPS) is 12.3. The van der Waals surface area contributed by atoms with Crippen LogP contribution in [0.4, 0.5) is 0 Å². The minimum Gasteiger partial charge on any atom is -0.462 e. The topological polar surface area (TPSA) is 61.8 Å². The molecular formula is C39H72O5. The summed E-state index contributed by atoms with van der Waals surface area (Å²) in [6.07, 6.45) is 37.4. The first-order valence-corrected chi connectivity index (χ1v) is 18.9. The van der Waals surface area contributed by atoms with E-state index < -0.39 is 6.10 Å². The Morgan fingerprint density at radius 3 is 1.45 bits per heavy atom. The van der Waals surface area contributed by atoms with E-state index in [9.17, 15) is 9.59 Å². The van der Waals surface area contributed by atoms with Crippen LogP contribution in [0.5, 0.6) is 0 Å². The molecule has 1 unspecified atom stereocenters. The van der Waals surface area contributed by atoms with Crippen molar-refractivity contribution in [1.82, 2.24) is 0 Å². The monoisotopic (exact) mass is 621 g/mol. The van der Waals surface area contributed by atoms with Gasteiger partial charge >= 0.3 is 11.9 Å². The molecule has 0 spiro atoms. The molecular weight excluding hydrogens is 548 g/mol. The van der Waals surface area contributed by atoms with Crippen LogP contribution in [0.2, 0.25) is 0 Å². The molecule has 0 rings (SSSR count). The average molecular weight is 621 g/mol. The maximum absolute atomic E-state index is 12.5. The number of rotatable bonds is 34. The Kier molecular flexibility index (Phi) is 34.5. The molecule has 5 heteroatoms. The Labute approximate surface area is 273 Å². The summed E-state index contributed by atoms with van der Waals surface area (Å²) in [6, 6.07) is 0. The molecule has 1 atom stereocenters. The second-order valence-corrected chi connectivity index (χ2v) is 12.5. The van der Waals surface area contributed by atoms with Gasteiger partial charge in [0, 0.05) is 19.4 Å². The van der Waals surface area contributed by atoms with Crippen LogP contribution in [0, 0.1) is 0 Å². The van der Waals surface area contributed by atoms with Crippen LogP contribution in [-0.2, 0) is 23.8 Å². The second kappa shape index (κ2) is 35.9. The van der Waals surface area contributed by atoms with Gasteiger partial charge in [-0.25, -0.2) is 0 Å². The van der Waals surface area contributed by atoms with E-state index in [1.165, 1.54) is 89.9 Å². The minimum absolute atomic E-state index is 0.0806. The van der Waals surface area contributed by atoms with Gasteiger partial charge in [0.2, 0.25) is 0 Å². The number of carbonyl (C=O) groups excluding carboxylic acids is 2. The van der Waals surface area contributed by atoms with Gasteiger partial charge < -0.3 is 14.2 Å². The van der Waals surface area contributed by atoms with Crippen molar-refractivity contribution >= 4 is 11.9 Å². The van der Waals surface area contributed by atoms with Crippen LogP contribution in [0.15, 0.2) is 24.3 Å². The quantitative estimate of drug-likeness (QED) is 0.0407. The molecule has 0 amide bonds. The number of hydrogen-bond acceptors (Lipinski definition) is 5. The third kappa shape index (κ3) is 33.3. The van der Waals surface area contributed by atoms with Gasteiger partial charge in [-0.1, -0.05) is 141 Å². The SMILES string of the molecule is CCCC/C=C\CCCCCCCC(=O)OCC(COCCCCCCCC)OC(=O)CCCCCCC/C=C\CCCC. The molecule has 0 saturated carbocycles. The smallest absolute Gasteiger partial charge is 0.306 e. The highest BCUT2D eigenvalue weighted by Gasteiger charge is 2.17. The number of ether oxygens (including phenoxy) is 3. The van der Waals surface area contributed by atoms with Crippen LogP contribution < -0.4 is 0 Å². The van der Waals surface area contributed by atoms with E-state index in [0.29, 0.717) is 19.4 Å². The summed E-state index contributed by atoms with van der Waals surface area (Å²) < 4.78 is 17.1. The summed E-state index contributed by atoms with van der Waals surface area (Å²) in [5.41, 5.74) is 0. The van der Waals surface area contributed by atoms with Gasteiger partial charge in [-0.3, -0.25) is 9.59 Å². The van der Waals surface area contributed by atoms with E-state index in [2.05, 4.69) is 45.1 Å². The highest BCUT2D eigenvalue weighted by molar-refractivity contribution is 5.70.